The van der Waals surface area contributed by atoms with Gasteiger partial charge in [-0.3, -0.25) is 4.79 Å². The van der Waals surface area contributed by atoms with Gasteiger partial charge in [0.05, 0.1) is 15.6 Å². The van der Waals surface area contributed by atoms with Gasteiger partial charge in [-0.25, -0.2) is 17.6 Å². The third kappa shape index (κ3) is 1.95. The first-order valence-electron chi connectivity index (χ1n) is 4.40. The van der Waals surface area contributed by atoms with Crippen molar-refractivity contribution >= 4 is 26.8 Å². The molecule has 0 atom stereocenters. The lowest BCUT2D eigenvalue weighted by atomic mass is 10.1. The van der Waals surface area contributed by atoms with Gasteiger partial charge < -0.3 is 4.98 Å². The molecule has 0 amide bonds. The van der Waals surface area contributed by atoms with E-state index in [1.54, 1.807) is 0 Å². The van der Waals surface area contributed by atoms with E-state index in [4.69, 9.17) is 0 Å². The standard InChI is InChI=1S/C10H4BrF4NO/c11-5-2-6(12)3-1-4(9(14)15)10(17)16-8(3)7(5)13/h1-2,9H,(H,16,17). The summed E-state index contributed by atoms with van der Waals surface area (Å²) in [5, 5.41) is -0.388. The second kappa shape index (κ2) is 4.14. The molecule has 2 rings (SSSR count). The van der Waals surface area contributed by atoms with E-state index in [0.717, 1.165) is 6.07 Å². The number of hydrogen-bond donors (Lipinski definition) is 1. The van der Waals surface area contributed by atoms with Gasteiger partial charge in [0.1, 0.15) is 5.82 Å². The Kier molecular flexibility index (Phi) is 2.94. The molecule has 0 aliphatic carbocycles. The highest BCUT2D eigenvalue weighted by Crippen LogP contribution is 2.27. The number of benzene rings is 1. The van der Waals surface area contributed by atoms with Gasteiger partial charge in [-0.05, 0) is 28.1 Å². The summed E-state index contributed by atoms with van der Waals surface area (Å²) in [5.41, 5.74) is -2.46. The molecule has 2 nitrogen and oxygen atoms in total. The fraction of sp³-hybridized carbons (Fsp3) is 0.100. The van der Waals surface area contributed by atoms with Gasteiger partial charge in [0.2, 0.25) is 0 Å². The SMILES string of the molecule is O=c1[nH]c2c(F)c(Br)cc(F)c2cc1C(F)F. The minimum absolute atomic E-state index is 0.192. The summed E-state index contributed by atoms with van der Waals surface area (Å²) >= 11 is 2.75. The van der Waals surface area contributed by atoms with Crippen LogP contribution in [0.3, 0.4) is 0 Å². The molecule has 0 aliphatic rings. The summed E-state index contributed by atoms with van der Waals surface area (Å²) < 4.78 is 51.6. The zero-order valence-corrected chi connectivity index (χ0v) is 9.62. The van der Waals surface area contributed by atoms with Crippen LogP contribution in [0.25, 0.3) is 10.9 Å². The summed E-state index contributed by atoms with van der Waals surface area (Å²) in [5.74, 6) is -1.80. The Morgan fingerprint density at radius 3 is 2.47 bits per heavy atom. The van der Waals surface area contributed by atoms with Crippen LogP contribution in [-0.4, -0.2) is 4.98 Å². The molecule has 90 valence electrons. The molecule has 0 bridgehead atoms. The molecule has 1 aromatic carbocycles. The number of aromatic amines is 1. The largest absolute Gasteiger partial charge is 0.319 e. The number of H-pyrrole nitrogens is 1. The van der Waals surface area contributed by atoms with E-state index < -0.39 is 34.7 Å². The van der Waals surface area contributed by atoms with Crippen LogP contribution in [0, 0.1) is 11.6 Å². The third-order valence-electron chi connectivity index (χ3n) is 2.24. The first-order chi connectivity index (χ1) is 7.91. The van der Waals surface area contributed by atoms with E-state index in [9.17, 15) is 22.4 Å². The Labute approximate surface area is 100 Å². The highest BCUT2D eigenvalue weighted by molar-refractivity contribution is 9.10. The lowest BCUT2D eigenvalue weighted by molar-refractivity contribution is 0.150. The molecule has 0 unspecified atom stereocenters. The van der Waals surface area contributed by atoms with Crippen LogP contribution in [0.15, 0.2) is 21.4 Å². The number of alkyl halides is 2. The topological polar surface area (TPSA) is 32.9 Å². The monoisotopic (exact) mass is 309 g/mol. The molecule has 1 heterocycles. The first kappa shape index (κ1) is 12.1. The first-order valence-corrected chi connectivity index (χ1v) is 5.19. The normalized spacial score (nSPS) is 11.4. The fourth-order valence-corrected chi connectivity index (χ4v) is 1.84. The predicted octanol–water partition coefficient (Wildman–Crippen LogP) is 3.51. The van der Waals surface area contributed by atoms with Crippen LogP contribution in [-0.2, 0) is 0 Å². The van der Waals surface area contributed by atoms with Crippen LogP contribution >= 0.6 is 15.9 Å². The van der Waals surface area contributed by atoms with Gasteiger partial charge in [-0.1, -0.05) is 0 Å². The smallest absolute Gasteiger partial charge is 0.269 e. The van der Waals surface area contributed by atoms with Crippen molar-refractivity contribution in [2.75, 3.05) is 0 Å². The Balaban J connectivity index is 2.93. The number of hydrogen-bond acceptors (Lipinski definition) is 1. The second-order valence-corrected chi connectivity index (χ2v) is 4.15. The molecule has 0 saturated heterocycles. The molecule has 0 saturated carbocycles. The van der Waals surface area contributed by atoms with Gasteiger partial charge in [-0.2, -0.15) is 0 Å². The number of rotatable bonds is 1. The van der Waals surface area contributed by atoms with Gasteiger partial charge in [0, 0.05) is 5.39 Å². The van der Waals surface area contributed by atoms with Crippen LogP contribution in [0.4, 0.5) is 17.6 Å². The summed E-state index contributed by atoms with van der Waals surface area (Å²) in [6, 6.07) is 1.47. The molecule has 0 fully saturated rings. The van der Waals surface area contributed by atoms with Crippen molar-refractivity contribution in [1.82, 2.24) is 4.98 Å². The van der Waals surface area contributed by atoms with E-state index in [-0.39, 0.29) is 9.86 Å². The Bertz CT molecular complexity index is 653. The van der Waals surface area contributed by atoms with E-state index >= 15 is 0 Å². The highest BCUT2D eigenvalue weighted by atomic mass is 79.9. The van der Waals surface area contributed by atoms with E-state index in [1.807, 2.05) is 4.98 Å². The average molecular weight is 310 g/mol. The van der Waals surface area contributed by atoms with E-state index in [2.05, 4.69) is 15.9 Å². The van der Waals surface area contributed by atoms with Crippen LogP contribution in [0.5, 0.6) is 0 Å². The number of pyridine rings is 1. The van der Waals surface area contributed by atoms with Crippen LogP contribution in [0.2, 0.25) is 0 Å². The van der Waals surface area contributed by atoms with Crippen molar-refractivity contribution < 1.29 is 17.6 Å². The van der Waals surface area contributed by atoms with Gasteiger partial charge in [0.25, 0.3) is 12.0 Å². The van der Waals surface area contributed by atoms with Gasteiger partial charge in [0.15, 0.2) is 5.82 Å². The maximum absolute atomic E-state index is 13.5. The lowest BCUT2D eigenvalue weighted by Crippen LogP contribution is -2.13. The van der Waals surface area contributed by atoms with Crippen molar-refractivity contribution in [3.05, 3.63) is 44.2 Å². The molecular formula is C10H4BrF4NO. The summed E-state index contributed by atoms with van der Waals surface area (Å²) in [4.78, 5) is 13.1. The predicted molar refractivity (Wildman–Crippen MR) is 57.1 cm³/mol. The molecule has 1 aromatic heterocycles. The average Bonchev–Trinajstić information content (AvgIpc) is 2.25. The van der Waals surface area contributed by atoms with Crippen molar-refractivity contribution in [3.63, 3.8) is 0 Å². The maximum Gasteiger partial charge on any atom is 0.269 e. The zero-order chi connectivity index (χ0) is 12.7. The maximum atomic E-state index is 13.5. The van der Waals surface area contributed by atoms with E-state index in [1.165, 1.54) is 0 Å². The Morgan fingerprint density at radius 2 is 1.88 bits per heavy atom. The number of nitrogens with one attached hydrogen (secondary N) is 1. The molecule has 1 N–H and O–H groups in total. The summed E-state index contributed by atoms with van der Waals surface area (Å²) in [6.07, 6.45) is -3.05. The van der Waals surface area contributed by atoms with Crippen molar-refractivity contribution in [2.24, 2.45) is 0 Å². The van der Waals surface area contributed by atoms with E-state index in [0.29, 0.717) is 6.07 Å². The number of fused-ring (bicyclic) bond motifs is 1. The molecule has 17 heavy (non-hydrogen) atoms. The summed E-state index contributed by atoms with van der Waals surface area (Å²) in [7, 11) is 0. The highest BCUT2D eigenvalue weighted by Gasteiger charge is 2.18. The second-order valence-electron chi connectivity index (χ2n) is 3.30. The minimum Gasteiger partial charge on any atom is -0.319 e. The fourth-order valence-electron chi connectivity index (χ4n) is 1.44. The van der Waals surface area contributed by atoms with Crippen LogP contribution in [0.1, 0.15) is 12.0 Å². The summed E-state index contributed by atoms with van der Waals surface area (Å²) in [6.45, 7) is 0. The molecule has 7 heteroatoms. The van der Waals surface area contributed by atoms with Crippen molar-refractivity contribution in [2.45, 2.75) is 6.43 Å². The van der Waals surface area contributed by atoms with Crippen molar-refractivity contribution in [3.8, 4) is 0 Å². The Hall–Kier alpha value is -1.37. The van der Waals surface area contributed by atoms with Crippen LogP contribution < -0.4 is 5.56 Å². The van der Waals surface area contributed by atoms with Gasteiger partial charge in [-0.15, -0.1) is 0 Å². The lowest BCUT2D eigenvalue weighted by Gasteiger charge is -2.05. The molecule has 0 radical (unpaired) electrons. The Morgan fingerprint density at radius 1 is 1.24 bits per heavy atom. The molecular weight excluding hydrogens is 306 g/mol. The minimum atomic E-state index is -3.05. The quantitative estimate of drug-likeness (QED) is 0.634. The third-order valence-corrected chi connectivity index (χ3v) is 2.82. The van der Waals surface area contributed by atoms with Crippen molar-refractivity contribution in [1.29, 1.82) is 0 Å². The molecule has 0 spiro atoms. The van der Waals surface area contributed by atoms with Gasteiger partial charge >= 0.3 is 0 Å². The number of halogens is 5. The number of aromatic nitrogens is 1. The molecule has 2 aromatic rings. The molecule has 0 aliphatic heterocycles. The zero-order valence-electron chi connectivity index (χ0n) is 8.03.